The molecule has 28 heavy (non-hydrogen) atoms. The van der Waals surface area contributed by atoms with Crippen molar-refractivity contribution in [2.24, 2.45) is 4.99 Å². The minimum Gasteiger partial charge on any atom is -0.497 e. The second kappa shape index (κ2) is 11.8. The van der Waals surface area contributed by atoms with Crippen molar-refractivity contribution < 1.29 is 4.74 Å². The number of benzene rings is 1. The third-order valence-corrected chi connectivity index (χ3v) is 5.91. The Balaban J connectivity index is 0.00000280. The summed E-state index contributed by atoms with van der Waals surface area (Å²) in [6, 6.07) is 8.50. The van der Waals surface area contributed by atoms with Crippen molar-refractivity contribution >= 4 is 29.9 Å². The maximum atomic E-state index is 5.27. The smallest absolute Gasteiger partial charge is 0.193 e. The van der Waals surface area contributed by atoms with Crippen LogP contribution in [0.25, 0.3) is 0 Å². The van der Waals surface area contributed by atoms with Crippen molar-refractivity contribution in [3.8, 4) is 5.75 Å². The Hall–Kier alpha value is -1.06. The summed E-state index contributed by atoms with van der Waals surface area (Å²) in [6.07, 6.45) is 1.17. The first kappa shape index (κ1) is 23.2. The van der Waals surface area contributed by atoms with Crippen LogP contribution in [0, 0.1) is 0 Å². The number of hydrogen-bond donors (Lipinski definition) is 1. The van der Waals surface area contributed by atoms with Crippen LogP contribution in [0.2, 0.25) is 0 Å². The van der Waals surface area contributed by atoms with Crippen molar-refractivity contribution in [2.45, 2.75) is 19.3 Å². The molecular weight excluding hydrogens is 465 g/mol. The van der Waals surface area contributed by atoms with Crippen molar-refractivity contribution in [3.05, 3.63) is 29.8 Å². The van der Waals surface area contributed by atoms with Gasteiger partial charge < -0.3 is 19.9 Å². The predicted octanol–water partition coefficient (Wildman–Crippen LogP) is 2.32. The van der Waals surface area contributed by atoms with Gasteiger partial charge in [0.05, 0.1) is 7.11 Å². The van der Waals surface area contributed by atoms with E-state index in [9.17, 15) is 0 Å². The molecule has 2 aliphatic rings. The molecule has 0 saturated carbocycles. The van der Waals surface area contributed by atoms with Gasteiger partial charge in [-0.05, 0) is 30.7 Å². The molecule has 0 amide bonds. The number of halogens is 1. The maximum absolute atomic E-state index is 5.27. The van der Waals surface area contributed by atoms with Crippen molar-refractivity contribution in [1.82, 2.24) is 20.0 Å². The molecule has 1 aromatic carbocycles. The molecule has 3 rings (SSSR count). The molecule has 2 aliphatic heterocycles. The Morgan fingerprint density at radius 3 is 2.39 bits per heavy atom. The van der Waals surface area contributed by atoms with Crippen LogP contribution in [0.1, 0.15) is 24.8 Å². The molecule has 1 unspecified atom stereocenters. The van der Waals surface area contributed by atoms with Crippen LogP contribution in [-0.2, 0) is 0 Å². The van der Waals surface area contributed by atoms with Gasteiger partial charge in [-0.3, -0.25) is 9.89 Å². The van der Waals surface area contributed by atoms with E-state index in [-0.39, 0.29) is 24.0 Å². The summed E-state index contributed by atoms with van der Waals surface area (Å²) in [4.78, 5) is 12.0. The zero-order valence-corrected chi connectivity index (χ0v) is 19.9. The van der Waals surface area contributed by atoms with Gasteiger partial charge in [0.25, 0.3) is 0 Å². The molecule has 2 fully saturated rings. The minimum absolute atomic E-state index is 0. The second-order valence-corrected chi connectivity index (χ2v) is 7.45. The van der Waals surface area contributed by atoms with Crippen LogP contribution in [0.4, 0.5) is 0 Å². The minimum atomic E-state index is 0. The van der Waals surface area contributed by atoms with Crippen LogP contribution in [-0.4, -0.2) is 93.7 Å². The predicted molar refractivity (Wildman–Crippen MR) is 127 cm³/mol. The summed E-state index contributed by atoms with van der Waals surface area (Å²) in [7, 11) is 3.61. The SMILES string of the molecule is CCN1CCN(CCNC(=NC)N2CCC(c3ccc(OC)cc3)C2)CC1.I. The fourth-order valence-corrected chi connectivity index (χ4v) is 4.09. The van der Waals surface area contributed by atoms with Gasteiger partial charge in [-0.2, -0.15) is 0 Å². The fraction of sp³-hybridized carbons (Fsp3) is 0.667. The summed E-state index contributed by atoms with van der Waals surface area (Å²) in [5.41, 5.74) is 1.39. The van der Waals surface area contributed by atoms with E-state index in [2.05, 4.69) is 56.2 Å². The maximum Gasteiger partial charge on any atom is 0.193 e. The number of rotatable bonds is 6. The van der Waals surface area contributed by atoms with Gasteiger partial charge in [0.2, 0.25) is 0 Å². The number of guanidine groups is 1. The van der Waals surface area contributed by atoms with Gasteiger partial charge in [-0.25, -0.2) is 0 Å². The van der Waals surface area contributed by atoms with Crippen LogP contribution < -0.4 is 10.1 Å². The quantitative estimate of drug-likeness (QED) is 0.368. The molecule has 0 radical (unpaired) electrons. The molecule has 6 nitrogen and oxygen atoms in total. The molecule has 0 aromatic heterocycles. The molecule has 1 N–H and O–H groups in total. The number of likely N-dealkylation sites (N-methyl/N-ethyl adjacent to an activating group) is 1. The number of hydrogen-bond acceptors (Lipinski definition) is 4. The van der Waals surface area contributed by atoms with Gasteiger partial charge >= 0.3 is 0 Å². The highest BCUT2D eigenvalue weighted by Gasteiger charge is 2.26. The highest BCUT2D eigenvalue weighted by atomic mass is 127. The lowest BCUT2D eigenvalue weighted by Crippen LogP contribution is -2.49. The molecule has 0 bridgehead atoms. The van der Waals surface area contributed by atoms with Crippen LogP contribution in [0.5, 0.6) is 5.75 Å². The lowest BCUT2D eigenvalue weighted by atomic mass is 9.98. The zero-order chi connectivity index (χ0) is 19.1. The zero-order valence-electron chi connectivity index (χ0n) is 17.6. The highest BCUT2D eigenvalue weighted by Crippen LogP contribution is 2.28. The van der Waals surface area contributed by atoms with Gasteiger partial charge in [0, 0.05) is 65.3 Å². The monoisotopic (exact) mass is 501 g/mol. The lowest BCUT2D eigenvalue weighted by Gasteiger charge is -2.34. The summed E-state index contributed by atoms with van der Waals surface area (Å²) >= 11 is 0. The standard InChI is InChI=1S/C21H35N5O.HI/c1-4-24-13-15-25(16-14-24)12-10-23-21(22-2)26-11-9-19(17-26)18-5-7-20(27-3)8-6-18;/h5-8,19H,4,9-17H2,1-3H3,(H,22,23);1H. The molecule has 7 heteroatoms. The Kier molecular flexibility index (Phi) is 9.81. The van der Waals surface area contributed by atoms with E-state index in [0.717, 1.165) is 37.9 Å². The summed E-state index contributed by atoms with van der Waals surface area (Å²) in [6.45, 7) is 12.3. The van der Waals surface area contributed by atoms with E-state index >= 15 is 0 Å². The number of likely N-dealkylation sites (tertiary alicyclic amines) is 1. The topological polar surface area (TPSA) is 43.3 Å². The summed E-state index contributed by atoms with van der Waals surface area (Å²) in [5.74, 6) is 2.53. The van der Waals surface area contributed by atoms with Gasteiger partial charge in [-0.15, -0.1) is 24.0 Å². The Bertz CT molecular complexity index is 601. The number of ether oxygens (including phenoxy) is 1. The van der Waals surface area contributed by atoms with Crippen molar-refractivity contribution in [2.75, 3.05) is 73.1 Å². The van der Waals surface area contributed by atoms with Crippen molar-refractivity contribution in [1.29, 1.82) is 0 Å². The third kappa shape index (κ3) is 6.22. The van der Waals surface area contributed by atoms with E-state index in [1.165, 1.54) is 44.7 Å². The molecule has 0 spiro atoms. The van der Waals surface area contributed by atoms with Crippen LogP contribution in [0.3, 0.4) is 0 Å². The molecule has 1 atom stereocenters. The average molecular weight is 501 g/mol. The normalized spacial score (nSPS) is 21.5. The highest BCUT2D eigenvalue weighted by molar-refractivity contribution is 14.0. The first-order chi connectivity index (χ1) is 13.2. The molecule has 1 aromatic rings. The van der Waals surface area contributed by atoms with E-state index in [1.54, 1.807) is 7.11 Å². The molecule has 158 valence electrons. The molecule has 2 saturated heterocycles. The lowest BCUT2D eigenvalue weighted by molar-refractivity contribution is 0.139. The average Bonchev–Trinajstić information content (AvgIpc) is 3.21. The number of aliphatic imine (C=N–C) groups is 1. The summed E-state index contributed by atoms with van der Waals surface area (Å²) < 4.78 is 5.27. The molecular formula is C21H36IN5O. The van der Waals surface area contributed by atoms with E-state index in [0.29, 0.717) is 5.92 Å². The van der Waals surface area contributed by atoms with E-state index in [4.69, 9.17) is 4.74 Å². The van der Waals surface area contributed by atoms with Crippen LogP contribution in [0.15, 0.2) is 29.3 Å². The van der Waals surface area contributed by atoms with Crippen molar-refractivity contribution in [3.63, 3.8) is 0 Å². The Morgan fingerprint density at radius 2 is 1.79 bits per heavy atom. The summed E-state index contributed by atoms with van der Waals surface area (Å²) in [5, 5.41) is 3.57. The van der Waals surface area contributed by atoms with E-state index in [1.807, 2.05) is 7.05 Å². The first-order valence-electron chi connectivity index (χ1n) is 10.3. The largest absolute Gasteiger partial charge is 0.497 e. The van der Waals surface area contributed by atoms with E-state index < -0.39 is 0 Å². The second-order valence-electron chi connectivity index (χ2n) is 7.45. The van der Waals surface area contributed by atoms with Gasteiger partial charge in [-0.1, -0.05) is 19.1 Å². The van der Waals surface area contributed by atoms with Gasteiger partial charge in [0.1, 0.15) is 5.75 Å². The number of piperazine rings is 1. The fourth-order valence-electron chi connectivity index (χ4n) is 4.09. The molecule has 0 aliphatic carbocycles. The first-order valence-corrected chi connectivity index (χ1v) is 10.3. The molecule has 2 heterocycles. The number of nitrogens with zero attached hydrogens (tertiary/aromatic N) is 4. The van der Waals surface area contributed by atoms with Gasteiger partial charge in [0.15, 0.2) is 5.96 Å². The number of methoxy groups -OCH3 is 1. The number of nitrogens with one attached hydrogen (secondary N) is 1. The Morgan fingerprint density at radius 1 is 1.11 bits per heavy atom. The Labute approximate surface area is 187 Å². The van der Waals surface area contributed by atoms with Crippen LogP contribution >= 0.6 is 24.0 Å². The third-order valence-electron chi connectivity index (χ3n) is 5.91.